The highest BCUT2D eigenvalue weighted by atomic mass is 19.1. The summed E-state index contributed by atoms with van der Waals surface area (Å²) < 4.78 is 14.6. The van der Waals surface area contributed by atoms with Crippen LogP contribution in [0.15, 0.2) is 15.8 Å². The van der Waals surface area contributed by atoms with Crippen molar-refractivity contribution in [2.24, 2.45) is 0 Å². The predicted octanol–water partition coefficient (Wildman–Crippen LogP) is 6.18. The van der Waals surface area contributed by atoms with Gasteiger partial charge in [-0.15, -0.1) is 0 Å². The van der Waals surface area contributed by atoms with E-state index in [1.165, 1.54) is 77.0 Å². The average molecular weight is 482 g/mol. The number of unbranched alkanes of at least 4 members (excludes halogenated alkanes) is 14. The maximum Gasteiger partial charge on any atom is 0.328 e. The van der Waals surface area contributed by atoms with Gasteiger partial charge in [0, 0.05) is 26.1 Å². The second-order valence-electron chi connectivity index (χ2n) is 9.51. The topological polar surface area (TPSA) is 75.2 Å². The number of carbonyl (C=O) groups excluding carboxylic acids is 1. The Morgan fingerprint density at radius 1 is 0.794 bits per heavy atom. The van der Waals surface area contributed by atoms with Crippen molar-refractivity contribution in [2.75, 3.05) is 13.1 Å². The molecule has 1 amide bonds. The minimum atomic E-state index is -1.03. The Morgan fingerprint density at radius 2 is 1.24 bits per heavy atom. The predicted molar refractivity (Wildman–Crippen MR) is 138 cm³/mol. The molecule has 1 aromatic heterocycles. The monoisotopic (exact) mass is 481 g/mol. The maximum absolute atomic E-state index is 13.5. The maximum atomic E-state index is 13.5. The van der Waals surface area contributed by atoms with Crippen molar-refractivity contribution in [2.45, 2.75) is 130 Å². The second-order valence-corrected chi connectivity index (χ2v) is 9.51. The van der Waals surface area contributed by atoms with Gasteiger partial charge in [-0.25, -0.2) is 4.79 Å². The fourth-order valence-corrected chi connectivity index (χ4v) is 4.26. The van der Waals surface area contributed by atoms with E-state index in [-0.39, 0.29) is 18.9 Å². The van der Waals surface area contributed by atoms with Gasteiger partial charge in [0.15, 0.2) is 0 Å². The normalized spacial score (nSPS) is 11.1. The first-order valence-corrected chi connectivity index (χ1v) is 13.8. The molecule has 1 heterocycles. The van der Waals surface area contributed by atoms with Gasteiger partial charge < -0.3 is 4.90 Å². The summed E-state index contributed by atoms with van der Waals surface area (Å²) in [5, 5.41) is 0. The largest absolute Gasteiger partial charge is 0.343 e. The lowest BCUT2D eigenvalue weighted by molar-refractivity contribution is -0.131. The van der Waals surface area contributed by atoms with Gasteiger partial charge in [-0.05, 0) is 12.8 Å². The number of nitrogens with zero attached hydrogens (tertiary/aromatic N) is 2. The molecule has 7 heteroatoms. The molecule has 0 aromatic carbocycles. The minimum Gasteiger partial charge on any atom is -0.343 e. The first-order chi connectivity index (χ1) is 16.5. The van der Waals surface area contributed by atoms with Crippen LogP contribution in [0.4, 0.5) is 4.39 Å². The highest BCUT2D eigenvalue weighted by molar-refractivity contribution is 5.76. The molecule has 1 rings (SSSR count). The average Bonchev–Trinajstić information content (AvgIpc) is 2.82. The van der Waals surface area contributed by atoms with Crippen LogP contribution in [0.3, 0.4) is 0 Å². The molecule has 6 nitrogen and oxygen atoms in total. The second kappa shape index (κ2) is 19.4. The molecule has 0 fully saturated rings. The fourth-order valence-electron chi connectivity index (χ4n) is 4.26. The van der Waals surface area contributed by atoms with E-state index < -0.39 is 17.1 Å². The molecule has 0 atom stereocenters. The summed E-state index contributed by atoms with van der Waals surface area (Å²) in [6.45, 7) is 5.99. The van der Waals surface area contributed by atoms with Crippen molar-refractivity contribution in [3.8, 4) is 0 Å². The zero-order chi connectivity index (χ0) is 25.0. The van der Waals surface area contributed by atoms with Crippen LogP contribution in [0.1, 0.15) is 123 Å². The number of hydrogen-bond acceptors (Lipinski definition) is 3. The Morgan fingerprint density at radius 3 is 1.71 bits per heavy atom. The lowest BCUT2D eigenvalue weighted by Gasteiger charge is -2.23. The molecule has 0 radical (unpaired) electrons. The van der Waals surface area contributed by atoms with Crippen LogP contribution in [0.2, 0.25) is 0 Å². The van der Waals surface area contributed by atoms with E-state index in [0.717, 1.165) is 49.5 Å². The summed E-state index contributed by atoms with van der Waals surface area (Å²) in [6.07, 6.45) is 20.5. The van der Waals surface area contributed by atoms with Crippen molar-refractivity contribution in [1.82, 2.24) is 14.5 Å². The molecule has 0 saturated carbocycles. The Balaban J connectivity index is 2.46. The van der Waals surface area contributed by atoms with Gasteiger partial charge in [-0.2, -0.15) is 4.39 Å². The Bertz CT molecular complexity index is 755. The number of carbonyl (C=O) groups is 1. The van der Waals surface area contributed by atoms with Gasteiger partial charge in [0.1, 0.15) is 0 Å². The summed E-state index contributed by atoms with van der Waals surface area (Å²) in [4.78, 5) is 39.8. The number of H-pyrrole nitrogens is 1. The molecule has 0 bridgehead atoms. The van der Waals surface area contributed by atoms with Gasteiger partial charge in [0.2, 0.25) is 11.7 Å². The number of amides is 1. The molecular weight excluding hydrogens is 433 g/mol. The third-order valence-electron chi connectivity index (χ3n) is 6.45. The van der Waals surface area contributed by atoms with E-state index in [1.807, 2.05) is 9.88 Å². The summed E-state index contributed by atoms with van der Waals surface area (Å²) in [5.74, 6) is -1.02. The van der Waals surface area contributed by atoms with Gasteiger partial charge in [0.05, 0.1) is 6.20 Å². The lowest BCUT2D eigenvalue weighted by atomic mass is 10.1. The standard InChI is InChI=1S/C27H48FN3O3/c1-3-5-7-9-11-13-15-17-20-30(21-18-16-14-12-10-8-6-4-2)25(32)19-22-31-23-24(28)26(33)29-27(31)34/h23H,3-22H2,1-2H3,(H,29,33,34). The third kappa shape index (κ3) is 13.7. The zero-order valence-electron chi connectivity index (χ0n) is 21.7. The number of aromatic nitrogens is 2. The first-order valence-electron chi connectivity index (χ1n) is 13.8. The Labute approximate surface area is 205 Å². The molecule has 196 valence electrons. The van der Waals surface area contributed by atoms with E-state index >= 15 is 0 Å². The third-order valence-corrected chi connectivity index (χ3v) is 6.45. The number of aromatic amines is 1. The van der Waals surface area contributed by atoms with Gasteiger partial charge in [-0.1, -0.05) is 104 Å². The van der Waals surface area contributed by atoms with Crippen molar-refractivity contribution in [3.05, 3.63) is 32.9 Å². The zero-order valence-corrected chi connectivity index (χ0v) is 21.7. The highest BCUT2D eigenvalue weighted by Gasteiger charge is 2.14. The van der Waals surface area contributed by atoms with Crippen LogP contribution in [-0.4, -0.2) is 33.4 Å². The molecule has 0 unspecified atom stereocenters. The van der Waals surface area contributed by atoms with E-state index in [1.54, 1.807) is 0 Å². The van der Waals surface area contributed by atoms with Crippen LogP contribution in [0.5, 0.6) is 0 Å². The SMILES string of the molecule is CCCCCCCCCCN(CCCCCCCCCC)C(=O)CCn1cc(F)c(=O)[nH]c1=O. The Hall–Kier alpha value is -1.92. The van der Waals surface area contributed by atoms with Crippen molar-refractivity contribution in [1.29, 1.82) is 0 Å². The van der Waals surface area contributed by atoms with Crippen molar-refractivity contribution >= 4 is 5.91 Å². The van der Waals surface area contributed by atoms with Gasteiger partial charge in [-0.3, -0.25) is 19.1 Å². The fraction of sp³-hybridized carbons (Fsp3) is 0.815. The first kappa shape index (κ1) is 30.1. The van der Waals surface area contributed by atoms with Crippen LogP contribution in [0.25, 0.3) is 0 Å². The molecule has 0 saturated heterocycles. The van der Waals surface area contributed by atoms with E-state index in [0.29, 0.717) is 0 Å². The number of rotatable bonds is 21. The molecular formula is C27H48FN3O3. The summed E-state index contributed by atoms with van der Waals surface area (Å²) >= 11 is 0. The Kier molecular flexibility index (Phi) is 17.2. The molecule has 0 aliphatic carbocycles. The van der Waals surface area contributed by atoms with Gasteiger partial charge in [0.25, 0.3) is 5.56 Å². The number of nitrogens with one attached hydrogen (secondary N) is 1. The summed E-state index contributed by atoms with van der Waals surface area (Å²) in [5.41, 5.74) is -1.71. The van der Waals surface area contributed by atoms with E-state index in [9.17, 15) is 18.8 Å². The number of hydrogen-bond donors (Lipinski definition) is 1. The molecule has 0 spiro atoms. The molecule has 0 aliphatic rings. The number of halogens is 1. The van der Waals surface area contributed by atoms with E-state index in [4.69, 9.17) is 0 Å². The van der Waals surface area contributed by atoms with Crippen LogP contribution in [-0.2, 0) is 11.3 Å². The smallest absolute Gasteiger partial charge is 0.328 e. The van der Waals surface area contributed by atoms with Crippen molar-refractivity contribution < 1.29 is 9.18 Å². The van der Waals surface area contributed by atoms with E-state index in [2.05, 4.69) is 13.8 Å². The molecule has 1 aromatic rings. The summed E-state index contributed by atoms with van der Waals surface area (Å²) in [7, 11) is 0. The minimum absolute atomic E-state index is 0.00982. The highest BCUT2D eigenvalue weighted by Crippen LogP contribution is 2.12. The van der Waals surface area contributed by atoms with Crippen LogP contribution in [0, 0.1) is 5.82 Å². The van der Waals surface area contributed by atoms with Crippen LogP contribution < -0.4 is 11.2 Å². The molecule has 34 heavy (non-hydrogen) atoms. The molecule has 0 aliphatic heterocycles. The molecule has 1 N–H and O–H groups in total. The summed E-state index contributed by atoms with van der Waals surface area (Å²) in [6, 6.07) is 0. The quantitative estimate of drug-likeness (QED) is 0.213. The van der Waals surface area contributed by atoms with Crippen LogP contribution >= 0.6 is 0 Å². The number of aryl methyl sites for hydroxylation is 1. The van der Waals surface area contributed by atoms with Gasteiger partial charge >= 0.3 is 5.69 Å². The lowest BCUT2D eigenvalue weighted by Crippen LogP contribution is -2.36. The van der Waals surface area contributed by atoms with Crippen molar-refractivity contribution in [3.63, 3.8) is 0 Å².